The normalized spacial score (nSPS) is 20.3. The van der Waals surface area contributed by atoms with Gasteiger partial charge in [-0.25, -0.2) is 0 Å². The van der Waals surface area contributed by atoms with Crippen LogP contribution in [-0.2, 0) is 9.53 Å². The fraction of sp³-hybridized carbons (Fsp3) is 0.933. The zero-order valence-electron chi connectivity index (χ0n) is 12.8. The Kier molecular flexibility index (Phi) is 6.80. The summed E-state index contributed by atoms with van der Waals surface area (Å²) >= 11 is 0. The van der Waals surface area contributed by atoms with Gasteiger partial charge in [-0.15, -0.1) is 0 Å². The molecule has 1 unspecified atom stereocenters. The molecule has 0 aliphatic carbocycles. The molecule has 2 N–H and O–H groups in total. The van der Waals surface area contributed by atoms with E-state index in [1.807, 2.05) is 11.9 Å². The van der Waals surface area contributed by atoms with Crippen LogP contribution in [0.2, 0.25) is 0 Å². The van der Waals surface area contributed by atoms with Crippen LogP contribution in [0, 0.1) is 5.41 Å². The zero-order valence-corrected chi connectivity index (χ0v) is 12.8. The second-order valence-corrected chi connectivity index (χ2v) is 6.47. The minimum Gasteiger partial charge on any atom is -0.376 e. The molecule has 1 amide bonds. The number of nitrogens with two attached hydrogens (primary N) is 1. The Balaban J connectivity index is 2.27. The average molecular weight is 270 g/mol. The van der Waals surface area contributed by atoms with Gasteiger partial charge in [-0.05, 0) is 44.1 Å². The molecule has 0 saturated carbocycles. The van der Waals surface area contributed by atoms with Crippen LogP contribution in [0.15, 0.2) is 0 Å². The van der Waals surface area contributed by atoms with Crippen LogP contribution in [0.3, 0.4) is 0 Å². The Morgan fingerprint density at radius 1 is 1.37 bits per heavy atom. The van der Waals surface area contributed by atoms with E-state index in [-0.39, 0.29) is 17.4 Å². The van der Waals surface area contributed by atoms with Gasteiger partial charge in [0.15, 0.2) is 0 Å². The van der Waals surface area contributed by atoms with Crippen LogP contribution in [0.5, 0.6) is 0 Å². The lowest BCUT2D eigenvalue weighted by Crippen LogP contribution is -2.37. The summed E-state index contributed by atoms with van der Waals surface area (Å²) in [6.45, 7) is 6.62. The van der Waals surface area contributed by atoms with Gasteiger partial charge in [0.2, 0.25) is 5.91 Å². The number of likely N-dealkylation sites (N-methyl/N-ethyl adjacent to an activating group) is 1. The molecule has 0 aromatic rings. The van der Waals surface area contributed by atoms with Crippen molar-refractivity contribution in [1.29, 1.82) is 0 Å². The van der Waals surface area contributed by atoms with Gasteiger partial charge in [-0.1, -0.05) is 13.8 Å². The molecule has 0 aromatic heterocycles. The van der Waals surface area contributed by atoms with Gasteiger partial charge in [0.25, 0.3) is 0 Å². The van der Waals surface area contributed by atoms with Gasteiger partial charge in [0, 0.05) is 26.6 Å². The van der Waals surface area contributed by atoms with E-state index in [0.29, 0.717) is 13.0 Å². The number of amides is 1. The molecule has 1 aliphatic heterocycles. The number of carbonyl (C=O) groups excluding carboxylic acids is 1. The van der Waals surface area contributed by atoms with Crippen LogP contribution in [0.25, 0.3) is 0 Å². The summed E-state index contributed by atoms with van der Waals surface area (Å²) in [5.74, 6) is 0.222. The molecule has 1 fully saturated rings. The minimum atomic E-state index is 0.159. The number of hydrogen-bond donors (Lipinski definition) is 1. The van der Waals surface area contributed by atoms with Gasteiger partial charge in [-0.3, -0.25) is 4.79 Å². The fourth-order valence-electron chi connectivity index (χ4n) is 2.51. The van der Waals surface area contributed by atoms with Crippen molar-refractivity contribution in [2.24, 2.45) is 11.1 Å². The van der Waals surface area contributed by atoms with E-state index in [1.54, 1.807) is 0 Å². The molecule has 1 rings (SSSR count). The van der Waals surface area contributed by atoms with Crippen molar-refractivity contribution in [3.8, 4) is 0 Å². The SMILES string of the molecule is CN(CC1CCCCO1)C(=O)CCC(C)(C)CCN. The number of carbonyl (C=O) groups is 1. The molecule has 1 heterocycles. The van der Waals surface area contributed by atoms with E-state index in [2.05, 4.69) is 13.8 Å². The van der Waals surface area contributed by atoms with Gasteiger partial charge >= 0.3 is 0 Å². The highest BCUT2D eigenvalue weighted by Crippen LogP contribution is 2.26. The highest BCUT2D eigenvalue weighted by atomic mass is 16.5. The summed E-state index contributed by atoms with van der Waals surface area (Å²) in [7, 11) is 1.89. The number of rotatable bonds is 7. The van der Waals surface area contributed by atoms with Crippen molar-refractivity contribution in [3.63, 3.8) is 0 Å². The summed E-state index contributed by atoms with van der Waals surface area (Å²) < 4.78 is 5.67. The highest BCUT2D eigenvalue weighted by Gasteiger charge is 2.22. The zero-order chi connectivity index (χ0) is 14.3. The molecule has 0 radical (unpaired) electrons. The Bertz CT molecular complexity index is 273. The smallest absolute Gasteiger partial charge is 0.222 e. The van der Waals surface area contributed by atoms with Gasteiger partial charge in [-0.2, -0.15) is 0 Å². The second kappa shape index (κ2) is 7.85. The lowest BCUT2D eigenvalue weighted by molar-refractivity contribution is -0.132. The van der Waals surface area contributed by atoms with Crippen LogP contribution >= 0.6 is 0 Å². The lowest BCUT2D eigenvalue weighted by atomic mass is 9.84. The Morgan fingerprint density at radius 2 is 2.11 bits per heavy atom. The van der Waals surface area contributed by atoms with E-state index >= 15 is 0 Å². The molecule has 0 spiro atoms. The third-order valence-corrected chi connectivity index (χ3v) is 4.01. The van der Waals surface area contributed by atoms with Crippen LogP contribution in [0.4, 0.5) is 0 Å². The quantitative estimate of drug-likeness (QED) is 0.771. The summed E-state index contributed by atoms with van der Waals surface area (Å²) in [4.78, 5) is 13.9. The minimum absolute atomic E-state index is 0.159. The molecule has 1 aliphatic rings. The van der Waals surface area contributed by atoms with E-state index in [4.69, 9.17) is 10.5 Å². The highest BCUT2D eigenvalue weighted by molar-refractivity contribution is 5.75. The maximum Gasteiger partial charge on any atom is 0.222 e. The first-order valence-corrected chi connectivity index (χ1v) is 7.50. The van der Waals surface area contributed by atoms with Crippen molar-refractivity contribution in [1.82, 2.24) is 4.90 Å². The summed E-state index contributed by atoms with van der Waals surface area (Å²) in [6.07, 6.45) is 6.17. The second-order valence-electron chi connectivity index (χ2n) is 6.47. The van der Waals surface area contributed by atoms with Gasteiger partial charge in [0.05, 0.1) is 6.10 Å². The molecule has 4 nitrogen and oxygen atoms in total. The van der Waals surface area contributed by atoms with Crippen molar-refractivity contribution < 1.29 is 9.53 Å². The summed E-state index contributed by atoms with van der Waals surface area (Å²) in [5, 5.41) is 0. The standard InChI is InChI=1S/C15H30N2O2/c1-15(2,9-10-16)8-7-14(18)17(3)12-13-6-4-5-11-19-13/h13H,4-12,16H2,1-3H3. The van der Waals surface area contributed by atoms with Crippen LogP contribution in [-0.4, -0.2) is 43.7 Å². The van der Waals surface area contributed by atoms with Crippen molar-refractivity contribution in [2.75, 3.05) is 26.7 Å². The average Bonchev–Trinajstić information content (AvgIpc) is 2.37. The first-order chi connectivity index (χ1) is 8.94. The predicted octanol–water partition coefficient (Wildman–Crippen LogP) is 2.17. The molecule has 0 bridgehead atoms. The van der Waals surface area contributed by atoms with Crippen molar-refractivity contribution >= 4 is 5.91 Å². The molecular weight excluding hydrogens is 240 g/mol. The number of ether oxygens (including phenoxy) is 1. The van der Waals surface area contributed by atoms with Crippen LogP contribution in [0.1, 0.15) is 52.4 Å². The van der Waals surface area contributed by atoms with Gasteiger partial charge < -0.3 is 15.4 Å². The molecule has 1 saturated heterocycles. The molecule has 0 aromatic carbocycles. The molecule has 112 valence electrons. The molecule has 4 heteroatoms. The number of hydrogen-bond acceptors (Lipinski definition) is 3. The molecular formula is C15H30N2O2. The third kappa shape index (κ3) is 6.39. The fourth-order valence-corrected chi connectivity index (χ4v) is 2.51. The van der Waals surface area contributed by atoms with E-state index in [9.17, 15) is 4.79 Å². The topological polar surface area (TPSA) is 55.6 Å². The first kappa shape index (κ1) is 16.4. The van der Waals surface area contributed by atoms with E-state index in [0.717, 1.165) is 38.8 Å². The largest absolute Gasteiger partial charge is 0.376 e. The Hall–Kier alpha value is -0.610. The predicted molar refractivity (Wildman–Crippen MR) is 77.9 cm³/mol. The summed E-state index contributed by atoms with van der Waals surface area (Å²) in [6, 6.07) is 0. The lowest BCUT2D eigenvalue weighted by Gasteiger charge is -2.29. The molecule has 1 atom stereocenters. The maximum absolute atomic E-state index is 12.1. The third-order valence-electron chi connectivity index (χ3n) is 4.01. The maximum atomic E-state index is 12.1. The van der Waals surface area contributed by atoms with E-state index < -0.39 is 0 Å². The van der Waals surface area contributed by atoms with Gasteiger partial charge in [0.1, 0.15) is 0 Å². The van der Waals surface area contributed by atoms with Crippen molar-refractivity contribution in [2.45, 2.75) is 58.5 Å². The van der Waals surface area contributed by atoms with Crippen LogP contribution < -0.4 is 5.73 Å². The summed E-state index contributed by atoms with van der Waals surface area (Å²) in [5.41, 5.74) is 5.75. The van der Waals surface area contributed by atoms with E-state index in [1.165, 1.54) is 6.42 Å². The monoisotopic (exact) mass is 270 g/mol. The molecule has 19 heavy (non-hydrogen) atoms. The Morgan fingerprint density at radius 3 is 2.68 bits per heavy atom. The first-order valence-electron chi connectivity index (χ1n) is 7.50. The number of nitrogens with zero attached hydrogens (tertiary/aromatic N) is 1. The van der Waals surface area contributed by atoms with Crippen molar-refractivity contribution in [3.05, 3.63) is 0 Å². The Labute approximate surface area is 117 Å².